The molecular formula is C12H15NO3S. The van der Waals surface area contributed by atoms with Crippen LogP contribution in [0.4, 0.5) is 0 Å². The molecule has 0 aliphatic heterocycles. The number of carboxylic acids is 1. The van der Waals surface area contributed by atoms with E-state index >= 15 is 0 Å². The maximum atomic E-state index is 11.8. The maximum Gasteiger partial charge on any atom is 0.311 e. The van der Waals surface area contributed by atoms with E-state index in [9.17, 15) is 9.59 Å². The summed E-state index contributed by atoms with van der Waals surface area (Å²) < 4.78 is 0. The van der Waals surface area contributed by atoms with E-state index in [2.05, 4.69) is 5.32 Å². The van der Waals surface area contributed by atoms with Crippen LogP contribution in [0.25, 0.3) is 0 Å². The van der Waals surface area contributed by atoms with Gasteiger partial charge in [0.1, 0.15) is 0 Å². The van der Waals surface area contributed by atoms with Crippen molar-refractivity contribution in [2.24, 2.45) is 5.41 Å². The average Bonchev–Trinajstić information content (AvgIpc) is 2.62. The highest BCUT2D eigenvalue weighted by Crippen LogP contribution is 2.40. The quantitative estimate of drug-likeness (QED) is 0.863. The third-order valence-corrected chi connectivity index (χ3v) is 4.31. The fourth-order valence-electron chi connectivity index (χ4n) is 2.01. The van der Waals surface area contributed by atoms with Crippen LogP contribution in [0.1, 0.15) is 35.2 Å². The van der Waals surface area contributed by atoms with E-state index in [0.717, 1.165) is 12.0 Å². The average molecular weight is 253 g/mol. The lowest BCUT2D eigenvalue weighted by atomic mass is 9.69. The molecule has 0 saturated heterocycles. The zero-order valence-corrected chi connectivity index (χ0v) is 10.5. The van der Waals surface area contributed by atoms with E-state index < -0.39 is 11.4 Å². The van der Waals surface area contributed by atoms with Gasteiger partial charge >= 0.3 is 5.97 Å². The highest BCUT2D eigenvalue weighted by molar-refractivity contribution is 7.08. The Bertz CT molecular complexity index is 448. The number of carbonyl (C=O) groups excluding carboxylic acids is 1. The SMILES string of the molecule is Cc1cscc1C(=O)NCC1(C(=O)O)CCC1. The molecule has 1 aliphatic rings. The van der Waals surface area contributed by atoms with Gasteiger partial charge in [0.25, 0.3) is 5.91 Å². The molecule has 0 bridgehead atoms. The molecule has 5 heteroatoms. The molecule has 2 N–H and O–H groups in total. The molecule has 1 saturated carbocycles. The molecule has 92 valence electrons. The van der Waals surface area contributed by atoms with E-state index in [1.54, 1.807) is 5.38 Å². The van der Waals surface area contributed by atoms with Crippen LogP contribution in [-0.2, 0) is 4.79 Å². The summed E-state index contributed by atoms with van der Waals surface area (Å²) in [4.78, 5) is 23.0. The molecule has 0 radical (unpaired) electrons. The predicted octanol–water partition coefficient (Wildman–Crippen LogP) is 2.04. The molecule has 1 aromatic rings. The van der Waals surface area contributed by atoms with Crippen molar-refractivity contribution in [3.05, 3.63) is 21.9 Å². The van der Waals surface area contributed by atoms with Crippen molar-refractivity contribution < 1.29 is 14.7 Å². The molecule has 17 heavy (non-hydrogen) atoms. The fourth-order valence-corrected chi connectivity index (χ4v) is 2.84. The summed E-state index contributed by atoms with van der Waals surface area (Å²) in [6, 6.07) is 0. The van der Waals surface area contributed by atoms with Gasteiger partial charge in [-0.1, -0.05) is 6.42 Å². The van der Waals surface area contributed by atoms with E-state index in [1.165, 1.54) is 11.3 Å². The van der Waals surface area contributed by atoms with Gasteiger partial charge in [-0.25, -0.2) is 0 Å². The number of thiophene rings is 1. The lowest BCUT2D eigenvalue weighted by Gasteiger charge is -2.37. The summed E-state index contributed by atoms with van der Waals surface area (Å²) in [5.41, 5.74) is 0.861. The Morgan fingerprint density at radius 3 is 2.59 bits per heavy atom. The molecule has 4 nitrogen and oxygen atoms in total. The van der Waals surface area contributed by atoms with Gasteiger partial charge in [0.05, 0.1) is 11.0 Å². The number of carboxylic acid groups (broad SMARTS) is 1. The molecule has 0 spiro atoms. The standard InChI is InChI=1S/C12H15NO3S/c1-8-5-17-6-9(8)10(14)13-7-12(11(15)16)3-2-4-12/h5-6H,2-4,7H2,1H3,(H,13,14)(H,15,16). The summed E-state index contributed by atoms with van der Waals surface area (Å²) in [5, 5.41) is 15.6. The number of hydrogen-bond donors (Lipinski definition) is 2. The zero-order chi connectivity index (χ0) is 12.5. The smallest absolute Gasteiger partial charge is 0.311 e. The number of amides is 1. The number of aliphatic carboxylic acids is 1. The second kappa shape index (κ2) is 4.49. The Balaban J connectivity index is 1.97. The van der Waals surface area contributed by atoms with Crippen molar-refractivity contribution in [1.82, 2.24) is 5.32 Å². The maximum absolute atomic E-state index is 11.8. The van der Waals surface area contributed by atoms with Crippen molar-refractivity contribution >= 4 is 23.2 Å². The number of nitrogens with one attached hydrogen (secondary N) is 1. The molecule has 1 amide bonds. The van der Waals surface area contributed by atoms with Crippen LogP contribution in [0.3, 0.4) is 0 Å². The normalized spacial score (nSPS) is 17.2. The largest absolute Gasteiger partial charge is 0.481 e. The molecule has 1 fully saturated rings. The monoisotopic (exact) mass is 253 g/mol. The second-order valence-corrected chi connectivity index (χ2v) is 5.33. The van der Waals surface area contributed by atoms with Crippen LogP contribution in [0.5, 0.6) is 0 Å². The van der Waals surface area contributed by atoms with Crippen molar-refractivity contribution in [3.8, 4) is 0 Å². The Morgan fingerprint density at radius 1 is 1.47 bits per heavy atom. The number of hydrogen-bond acceptors (Lipinski definition) is 3. The van der Waals surface area contributed by atoms with Gasteiger partial charge in [-0.05, 0) is 30.7 Å². The molecule has 1 aromatic heterocycles. The first-order chi connectivity index (χ1) is 8.05. The highest BCUT2D eigenvalue weighted by atomic mass is 32.1. The Morgan fingerprint density at radius 2 is 2.18 bits per heavy atom. The number of carbonyl (C=O) groups is 2. The minimum atomic E-state index is -0.800. The van der Waals surface area contributed by atoms with Gasteiger partial charge in [-0.2, -0.15) is 11.3 Å². The highest BCUT2D eigenvalue weighted by Gasteiger charge is 2.44. The molecule has 1 aliphatic carbocycles. The lowest BCUT2D eigenvalue weighted by Crippen LogP contribution is -2.47. The van der Waals surface area contributed by atoms with Crippen LogP contribution in [-0.4, -0.2) is 23.5 Å². The van der Waals surface area contributed by atoms with E-state index in [-0.39, 0.29) is 12.5 Å². The second-order valence-electron chi connectivity index (χ2n) is 4.59. The van der Waals surface area contributed by atoms with Crippen LogP contribution in [0.2, 0.25) is 0 Å². The van der Waals surface area contributed by atoms with Gasteiger partial charge in [0.15, 0.2) is 0 Å². The van der Waals surface area contributed by atoms with Crippen molar-refractivity contribution in [3.63, 3.8) is 0 Å². The summed E-state index contributed by atoms with van der Waals surface area (Å²) in [6.45, 7) is 2.11. The van der Waals surface area contributed by atoms with Crippen LogP contribution >= 0.6 is 11.3 Å². The van der Waals surface area contributed by atoms with Crippen molar-refractivity contribution in [2.75, 3.05) is 6.54 Å². The minimum absolute atomic E-state index is 0.170. The number of aryl methyl sites for hydroxylation is 1. The predicted molar refractivity (Wildman–Crippen MR) is 65.3 cm³/mol. The van der Waals surface area contributed by atoms with Crippen LogP contribution < -0.4 is 5.32 Å². The minimum Gasteiger partial charge on any atom is -0.481 e. The molecular weight excluding hydrogens is 238 g/mol. The summed E-state index contributed by atoms with van der Waals surface area (Å²) in [7, 11) is 0. The van der Waals surface area contributed by atoms with Gasteiger partial charge in [0.2, 0.25) is 0 Å². The fraction of sp³-hybridized carbons (Fsp3) is 0.500. The molecule has 0 aromatic carbocycles. The number of rotatable bonds is 4. The first kappa shape index (κ1) is 12.1. The van der Waals surface area contributed by atoms with Crippen molar-refractivity contribution in [1.29, 1.82) is 0 Å². The molecule has 0 atom stereocenters. The Labute approximate surface area is 104 Å². The van der Waals surface area contributed by atoms with Gasteiger partial charge in [-0.3, -0.25) is 9.59 Å². The third-order valence-electron chi connectivity index (χ3n) is 3.45. The Hall–Kier alpha value is -1.36. The van der Waals surface area contributed by atoms with E-state index in [0.29, 0.717) is 18.4 Å². The Kier molecular flexibility index (Phi) is 3.19. The molecule has 2 rings (SSSR count). The first-order valence-electron chi connectivity index (χ1n) is 5.59. The summed E-state index contributed by atoms with van der Waals surface area (Å²) >= 11 is 1.48. The topological polar surface area (TPSA) is 66.4 Å². The molecule has 0 unspecified atom stereocenters. The van der Waals surface area contributed by atoms with E-state index in [4.69, 9.17) is 5.11 Å². The van der Waals surface area contributed by atoms with Gasteiger partial charge < -0.3 is 10.4 Å². The third kappa shape index (κ3) is 2.20. The van der Waals surface area contributed by atoms with Crippen LogP contribution in [0.15, 0.2) is 10.8 Å². The van der Waals surface area contributed by atoms with Gasteiger partial charge in [-0.15, -0.1) is 0 Å². The van der Waals surface area contributed by atoms with Crippen LogP contribution in [0, 0.1) is 12.3 Å². The molecule has 1 heterocycles. The van der Waals surface area contributed by atoms with Crippen molar-refractivity contribution in [2.45, 2.75) is 26.2 Å². The van der Waals surface area contributed by atoms with Gasteiger partial charge in [0, 0.05) is 11.9 Å². The zero-order valence-electron chi connectivity index (χ0n) is 9.66. The lowest BCUT2D eigenvalue weighted by molar-refractivity contribution is -0.153. The van der Waals surface area contributed by atoms with E-state index in [1.807, 2.05) is 12.3 Å². The summed E-state index contributed by atoms with van der Waals surface area (Å²) in [6.07, 6.45) is 2.25. The first-order valence-corrected chi connectivity index (χ1v) is 6.54. The summed E-state index contributed by atoms with van der Waals surface area (Å²) in [5.74, 6) is -0.970.